The zero-order valence-corrected chi connectivity index (χ0v) is 28.6. The zero-order chi connectivity index (χ0) is 33.6. The number of hydrogen-bond donors (Lipinski definition) is 2. The van der Waals surface area contributed by atoms with Gasteiger partial charge in [0, 0.05) is 32.3 Å². The highest BCUT2D eigenvalue weighted by molar-refractivity contribution is 8.00. The van der Waals surface area contributed by atoms with E-state index in [1.165, 1.54) is 4.90 Å². The predicted molar refractivity (Wildman–Crippen MR) is 192 cm³/mol. The maximum atomic E-state index is 14.1. The molecule has 8 nitrogen and oxygen atoms in total. The standard InChI is InChI=1S/C38H30ClN3O5S2/c1-18-6-11-23(12-7-18)42-36(44)31-25-16-26(32(31)37(42)45)33-30(25)29(34-35(48-33)41-38(46)49-34)24-15-21(39)9-13-27(24)47-17-28(43)40-22-10-8-19-4-2-3-5-20(19)14-22/h2-15,25-26,29-33H,16-17H2,1H3,(H,40,43)(H,41,46)/t25-,26-,29-,30?,31?,32?,33?/m1/s1. The largest absolute Gasteiger partial charge is 0.483 e. The first-order chi connectivity index (χ1) is 23.7. The van der Waals surface area contributed by atoms with Crippen LogP contribution in [0.3, 0.4) is 0 Å². The van der Waals surface area contributed by atoms with E-state index in [9.17, 15) is 19.2 Å². The van der Waals surface area contributed by atoms with Gasteiger partial charge in [0.1, 0.15) is 5.75 Å². The Morgan fingerprint density at radius 2 is 1.69 bits per heavy atom. The van der Waals surface area contributed by atoms with Gasteiger partial charge in [-0.3, -0.25) is 24.1 Å². The van der Waals surface area contributed by atoms with Gasteiger partial charge in [-0.25, -0.2) is 0 Å². The molecular weight excluding hydrogens is 678 g/mol. The first-order valence-corrected chi connectivity index (χ1v) is 18.4. The zero-order valence-electron chi connectivity index (χ0n) is 26.2. The van der Waals surface area contributed by atoms with Gasteiger partial charge in [0.05, 0.1) is 22.5 Å². The minimum absolute atomic E-state index is 0.00625. The van der Waals surface area contributed by atoms with Crippen molar-refractivity contribution in [1.82, 2.24) is 4.98 Å². The number of aromatic nitrogens is 1. The summed E-state index contributed by atoms with van der Waals surface area (Å²) in [6, 6.07) is 26.6. The number of ether oxygens (including phenoxy) is 1. The summed E-state index contributed by atoms with van der Waals surface area (Å²) in [6.07, 6.45) is 0.761. The molecule has 0 spiro atoms. The fraction of sp³-hybridized carbons (Fsp3) is 0.263. The molecule has 2 aliphatic heterocycles. The number of benzene rings is 4. The highest BCUT2D eigenvalue weighted by Crippen LogP contribution is 2.69. The Morgan fingerprint density at radius 1 is 0.939 bits per heavy atom. The molecule has 3 fully saturated rings. The van der Waals surface area contributed by atoms with E-state index in [1.807, 2.05) is 79.7 Å². The van der Waals surface area contributed by atoms with Crippen LogP contribution >= 0.6 is 34.7 Å². The number of aromatic amines is 1. The maximum absolute atomic E-state index is 14.1. The van der Waals surface area contributed by atoms with Crippen LogP contribution in [-0.2, 0) is 14.4 Å². The number of amides is 3. The summed E-state index contributed by atoms with van der Waals surface area (Å²) in [7, 11) is 0. The lowest BCUT2D eigenvalue weighted by Gasteiger charge is -2.43. The van der Waals surface area contributed by atoms with E-state index in [0.29, 0.717) is 22.1 Å². The summed E-state index contributed by atoms with van der Waals surface area (Å²) in [5.41, 5.74) is 3.11. The smallest absolute Gasteiger partial charge is 0.305 e. The molecule has 4 aliphatic rings. The number of fused-ring (bicyclic) bond motifs is 10. The first-order valence-electron chi connectivity index (χ1n) is 16.3. The molecule has 1 aromatic heterocycles. The second-order valence-electron chi connectivity index (χ2n) is 13.4. The van der Waals surface area contributed by atoms with Crippen LogP contribution in [0, 0.1) is 36.5 Å². The predicted octanol–water partition coefficient (Wildman–Crippen LogP) is 7.25. The Bertz CT molecular complexity index is 2250. The number of thiazole rings is 1. The van der Waals surface area contributed by atoms with Crippen molar-refractivity contribution < 1.29 is 19.1 Å². The molecule has 9 rings (SSSR count). The minimum Gasteiger partial charge on any atom is -0.483 e. The number of carbonyl (C=O) groups excluding carboxylic acids is 3. The third-order valence-electron chi connectivity index (χ3n) is 10.7. The van der Waals surface area contributed by atoms with E-state index in [2.05, 4.69) is 10.3 Å². The quantitative estimate of drug-likeness (QED) is 0.180. The molecule has 3 amide bonds. The molecule has 246 valence electrons. The number of carbonyl (C=O) groups is 3. The van der Waals surface area contributed by atoms with Crippen LogP contribution in [0.15, 0.2) is 94.7 Å². The van der Waals surface area contributed by atoms with Crippen molar-refractivity contribution >= 4 is 74.6 Å². The number of H-pyrrole nitrogens is 1. The number of imide groups is 1. The number of anilines is 2. The fourth-order valence-electron chi connectivity index (χ4n) is 8.81. The minimum atomic E-state index is -0.434. The fourth-order valence-corrected chi connectivity index (χ4v) is 11.9. The second-order valence-corrected chi connectivity index (χ2v) is 16.0. The van der Waals surface area contributed by atoms with Gasteiger partial charge in [-0.2, -0.15) is 0 Å². The molecule has 2 saturated carbocycles. The summed E-state index contributed by atoms with van der Waals surface area (Å²) in [5.74, 6) is -1.36. The molecule has 7 atom stereocenters. The van der Waals surface area contributed by atoms with Crippen molar-refractivity contribution in [3.05, 3.63) is 116 Å². The summed E-state index contributed by atoms with van der Waals surface area (Å²) < 4.78 is 6.24. The summed E-state index contributed by atoms with van der Waals surface area (Å²) in [5, 5.41) is 6.33. The number of nitrogens with zero attached hydrogens (tertiary/aromatic N) is 1. The van der Waals surface area contributed by atoms with Crippen molar-refractivity contribution in [1.29, 1.82) is 0 Å². The van der Waals surface area contributed by atoms with Crippen molar-refractivity contribution in [2.75, 3.05) is 16.8 Å². The van der Waals surface area contributed by atoms with Crippen LogP contribution in [0.5, 0.6) is 5.75 Å². The van der Waals surface area contributed by atoms with E-state index < -0.39 is 11.8 Å². The van der Waals surface area contributed by atoms with E-state index in [0.717, 1.165) is 49.6 Å². The van der Waals surface area contributed by atoms with Gasteiger partial charge in [0.15, 0.2) is 6.61 Å². The Kier molecular flexibility index (Phi) is 7.26. The van der Waals surface area contributed by atoms with Crippen molar-refractivity contribution in [3.63, 3.8) is 0 Å². The third-order valence-corrected chi connectivity index (χ3v) is 13.5. The second kappa shape index (κ2) is 11.6. The molecular formula is C38H30ClN3O5S2. The average Bonchev–Trinajstić information content (AvgIpc) is 3.83. The SMILES string of the molecule is Cc1ccc(N2C(=O)C3C(C2=O)[C@@H]2C[C@H]3C3Sc4[nH]c(=O)sc4[C@H](c4cc(Cl)ccc4OCC(=O)Nc4ccc5ccccc5c4)C32)cc1. The lowest BCUT2D eigenvalue weighted by molar-refractivity contribution is -0.123. The van der Waals surface area contributed by atoms with Gasteiger partial charge in [0.25, 0.3) is 5.91 Å². The molecule has 2 aliphatic carbocycles. The Hall–Kier alpha value is -4.38. The molecule has 11 heteroatoms. The lowest BCUT2D eigenvalue weighted by atomic mass is 9.68. The van der Waals surface area contributed by atoms with Gasteiger partial charge in [-0.15, -0.1) is 11.8 Å². The van der Waals surface area contributed by atoms with Gasteiger partial charge in [0.2, 0.25) is 11.8 Å². The van der Waals surface area contributed by atoms with Gasteiger partial charge < -0.3 is 15.0 Å². The Morgan fingerprint density at radius 3 is 2.49 bits per heavy atom. The van der Waals surface area contributed by atoms with E-state index in [1.54, 1.807) is 23.9 Å². The highest BCUT2D eigenvalue weighted by Gasteiger charge is 2.69. The van der Waals surface area contributed by atoms with E-state index >= 15 is 0 Å². The van der Waals surface area contributed by atoms with E-state index in [-0.39, 0.29) is 58.1 Å². The molecule has 4 aromatic carbocycles. The maximum Gasteiger partial charge on any atom is 0.305 e. The van der Waals surface area contributed by atoms with E-state index in [4.69, 9.17) is 16.3 Å². The molecule has 5 aromatic rings. The number of thioether (sulfide) groups is 1. The van der Waals surface area contributed by atoms with Crippen LogP contribution in [0.4, 0.5) is 11.4 Å². The number of halogens is 1. The van der Waals surface area contributed by atoms with Crippen molar-refractivity contribution in [2.24, 2.45) is 29.6 Å². The van der Waals surface area contributed by atoms with Gasteiger partial charge >= 0.3 is 4.87 Å². The summed E-state index contributed by atoms with van der Waals surface area (Å²) in [4.78, 5) is 59.2. The molecule has 2 bridgehead atoms. The van der Waals surface area contributed by atoms with Gasteiger partial charge in [-0.05, 0) is 84.3 Å². The molecule has 0 radical (unpaired) electrons. The normalized spacial score (nSPS) is 26.5. The monoisotopic (exact) mass is 707 g/mol. The van der Waals surface area contributed by atoms with Crippen LogP contribution in [0.2, 0.25) is 5.02 Å². The number of hydrogen-bond acceptors (Lipinski definition) is 7. The Labute approximate surface area is 294 Å². The topological polar surface area (TPSA) is 109 Å². The van der Waals surface area contributed by atoms with Crippen LogP contribution in [-0.4, -0.2) is 34.6 Å². The molecule has 1 saturated heterocycles. The molecule has 4 unspecified atom stereocenters. The Balaban J connectivity index is 1.04. The summed E-state index contributed by atoms with van der Waals surface area (Å²) >= 11 is 9.42. The van der Waals surface area contributed by atoms with Gasteiger partial charge in [-0.1, -0.05) is 71.0 Å². The van der Waals surface area contributed by atoms with Crippen molar-refractivity contribution in [3.8, 4) is 5.75 Å². The lowest BCUT2D eigenvalue weighted by Crippen LogP contribution is -2.42. The average molecular weight is 708 g/mol. The number of aryl methyl sites for hydroxylation is 1. The third kappa shape index (κ3) is 4.94. The molecule has 2 N–H and O–H groups in total. The highest BCUT2D eigenvalue weighted by atomic mass is 35.5. The van der Waals surface area contributed by atoms with Crippen molar-refractivity contribution in [2.45, 2.75) is 29.5 Å². The van der Waals surface area contributed by atoms with Crippen LogP contribution in [0.25, 0.3) is 10.8 Å². The number of rotatable bonds is 6. The molecule has 49 heavy (non-hydrogen) atoms. The van der Waals surface area contributed by atoms with Crippen LogP contribution < -0.4 is 19.8 Å². The number of nitrogens with one attached hydrogen (secondary N) is 2. The molecule has 3 heterocycles. The first kappa shape index (κ1) is 30.7. The van der Waals surface area contributed by atoms with Crippen LogP contribution in [0.1, 0.15) is 28.3 Å². The summed E-state index contributed by atoms with van der Waals surface area (Å²) in [6.45, 7) is 1.74.